The number of aromatic nitrogens is 1. The first-order chi connectivity index (χ1) is 9.08. The van der Waals surface area contributed by atoms with Gasteiger partial charge in [0.15, 0.2) is 0 Å². The van der Waals surface area contributed by atoms with Crippen LogP contribution in [0.4, 0.5) is 5.69 Å². The standard InChI is InChI=1S/C13H19N3O3/c1-9-7-13(15-8-11(9)16(17)18)19-12-6-4-2-3-5-10(12)14/h7-8,10,12H,2-6,14H2,1H3. The Morgan fingerprint density at radius 2 is 2.16 bits per heavy atom. The van der Waals surface area contributed by atoms with Gasteiger partial charge in [0.2, 0.25) is 5.88 Å². The molecule has 1 aromatic rings. The van der Waals surface area contributed by atoms with Crippen molar-refractivity contribution in [2.45, 2.75) is 51.2 Å². The number of nitrogens with two attached hydrogens (primary N) is 1. The summed E-state index contributed by atoms with van der Waals surface area (Å²) in [6.45, 7) is 1.68. The lowest BCUT2D eigenvalue weighted by Gasteiger charge is -2.22. The molecule has 1 saturated carbocycles. The highest BCUT2D eigenvalue weighted by molar-refractivity contribution is 5.39. The summed E-state index contributed by atoms with van der Waals surface area (Å²) in [6, 6.07) is 1.62. The lowest BCUT2D eigenvalue weighted by molar-refractivity contribution is -0.385. The minimum atomic E-state index is -0.441. The van der Waals surface area contributed by atoms with Crippen LogP contribution in [0.15, 0.2) is 12.3 Å². The van der Waals surface area contributed by atoms with E-state index in [4.69, 9.17) is 10.5 Å². The molecule has 0 bridgehead atoms. The maximum Gasteiger partial charge on any atom is 0.290 e. The number of aryl methyl sites for hydroxylation is 1. The number of nitro groups is 1. The van der Waals surface area contributed by atoms with E-state index in [2.05, 4.69) is 4.98 Å². The molecule has 1 heterocycles. The normalized spacial score (nSPS) is 23.7. The molecule has 2 atom stereocenters. The fraction of sp³-hybridized carbons (Fsp3) is 0.615. The van der Waals surface area contributed by atoms with Crippen LogP contribution in [0.3, 0.4) is 0 Å². The molecule has 0 spiro atoms. The summed E-state index contributed by atoms with van der Waals surface area (Å²) in [6.07, 6.45) is 6.48. The van der Waals surface area contributed by atoms with Crippen LogP contribution in [-0.2, 0) is 0 Å². The molecule has 0 aliphatic heterocycles. The second-order valence-electron chi connectivity index (χ2n) is 5.02. The quantitative estimate of drug-likeness (QED) is 0.514. The van der Waals surface area contributed by atoms with E-state index in [1.807, 2.05) is 0 Å². The second kappa shape index (κ2) is 5.97. The van der Waals surface area contributed by atoms with Crippen LogP contribution >= 0.6 is 0 Å². The van der Waals surface area contributed by atoms with E-state index in [-0.39, 0.29) is 17.8 Å². The molecule has 19 heavy (non-hydrogen) atoms. The summed E-state index contributed by atoms with van der Waals surface area (Å²) in [7, 11) is 0. The molecule has 104 valence electrons. The average Bonchev–Trinajstić information content (AvgIpc) is 2.55. The zero-order valence-corrected chi connectivity index (χ0v) is 11.0. The van der Waals surface area contributed by atoms with Crippen LogP contribution in [-0.4, -0.2) is 22.1 Å². The van der Waals surface area contributed by atoms with Gasteiger partial charge in [0.1, 0.15) is 12.3 Å². The first-order valence-corrected chi connectivity index (χ1v) is 6.61. The van der Waals surface area contributed by atoms with Gasteiger partial charge in [-0.15, -0.1) is 0 Å². The maximum atomic E-state index is 10.7. The topological polar surface area (TPSA) is 91.3 Å². The minimum Gasteiger partial charge on any atom is -0.473 e. The molecule has 1 aliphatic rings. The number of nitrogens with zero attached hydrogens (tertiary/aromatic N) is 2. The van der Waals surface area contributed by atoms with Crippen LogP contribution in [0.1, 0.15) is 37.7 Å². The van der Waals surface area contributed by atoms with Gasteiger partial charge in [0.05, 0.1) is 4.92 Å². The summed E-state index contributed by atoms with van der Waals surface area (Å²) in [4.78, 5) is 14.3. The van der Waals surface area contributed by atoms with Gasteiger partial charge in [-0.1, -0.05) is 12.8 Å². The largest absolute Gasteiger partial charge is 0.473 e. The maximum absolute atomic E-state index is 10.7. The number of ether oxygens (including phenoxy) is 1. The van der Waals surface area contributed by atoms with Gasteiger partial charge in [-0.3, -0.25) is 10.1 Å². The Morgan fingerprint density at radius 3 is 2.84 bits per heavy atom. The molecule has 6 nitrogen and oxygen atoms in total. The van der Waals surface area contributed by atoms with Crippen molar-refractivity contribution in [2.24, 2.45) is 5.73 Å². The van der Waals surface area contributed by atoms with E-state index in [9.17, 15) is 10.1 Å². The second-order valence-corrected chi connectivity index (χ2v) is 5.02. The van der Waals surface area contributed by atoms with E-state index in [1.165, 1.54) is 12.6 Å². The highest BCUT2D eigenvalue weighted by Crippen LogP contribution is 2.24. The summed E-state index contributed by atoms with van der Waals surface area (Å²) in [5.41, 5.74) is 6.65. The van der Waals surface area contributed by atoms with Crippen LogP contribution < -0.4 is 10.5 Å². The third-order valence-corrected chi connectivity index (χ3v) is 3.53. The van der Waals surface area contributed by atoms with Crippen LogP contribution in [0.25, 0.3) is 0 Å². The van der Waals surface area contributed by atoms with Gasteiger partial charge in [-0.05, 0) is 26.2 Å². The molecule has 1 aliphatic carbocycles. The van der Waals surface area contributed by atoms with Crippen molar-refractivity contribution in [1.29, 1.82) is 0 Å². The van der Waals surface area contributed by atoms with Gasteiger partial charge >= 0.3 is 0 Å². The van der Waals surface area contributed by atoms with Gasteiger partial charge in [-0.25, -0.2) is 4.98 Å². The fourth-order valence-electron chi connectivity index (χ4n) is 2.38. The minimum absolute atomic E-state index is 0.0116. The Bertz CT molecular complexity index is 464. The zero-order valence-electron chi connectivity index (χ0n) is 11.0. The van der Waals surface area contributed by atoms with E-state index in [0.29, 0.717) is 11.4 Å². The molecular formula is C13H19N3O3. The van der Waals surface area contributed by atoms with Crippen molar-refractivity contribution in [2.75, 3.05) is 0 Å². The first-order valence-electron chi connectivity index (χ1n) is 6.61. The Hall–Kier alpha value is -1.69. The third-order valence-electron chi connectivity index (χ3n) is 3.53. The van der Waals surface area contributed by atoms with Crippen LogP contribution in [0.2, 0.25) is 0 Å². The van der Waals surface area contributed by atoms with Crippen molar-refractivity contribution < 1.29 is 9.66 Å². The van der Waals surface area contributed by atoms with Crippen molar-refractivity contribution in [3.63, 3.8) is 0 Å². The first kappa shape index (κ1) is 13.7. The summed E-state index contributed by atoms with van der Waals surface area (Å²) in [5, 5.41) is 10.7. The SMILES string of the molecule is Cc1cc(OC2CCCCCC2N)ncc1[N+](=O)[O-]. The third kappa shape index (κ3) is 3.41. The molecule has 2 rings (SSSR count). The van der Waals surface area contributed by atoms with Crippen molar-refractivity contribution in [3.8, 4) is 5.88 Å². The Kier molecular flexibility index (Phi) is 4.31. The van der Waals surface area contributed by atoms with Gasteiger partial charge in [0, 0.05) is 17.7 Å². The van der Waals surface area contributed by atoms with E-state index in [0.717, 1.165) is 25.7 Å². The molecule has 0 amide bonds. The lowest BCUT2D eigenvalue weighted by atomic mass is 10.1. The van der Waals surface area contributed by atoms with E-state index in [1.54, 1.807) is 13.0 Å². The monoisotopic (exact) mass is 265 g/mol. The average molecular weight is 265 g/mol. The molecule has 0 saturated heterocycles. The summed E-state index contributed by atoms with van der Waals surface area (Å²) >= 11 is 0. The molecule has 1 aromatic heterocycles. The molecule has 2 N–H and O–H groups in total. The number of rotatable bonds is 3. The lowest BCUT2D eigenvalue weighted by Crippen LogP contribution is -2.38. The highest BCUT2D eigenvalue weighted by atomic mass is 16.6. The van der Waals surface area contributed by atoms with Gasteiger partial charge < -0.3 is 10.5 Å². The number of hydrogen-bond acceptors (Lipinski definition) is 5. The Morgan fingerprint density at radius 1 is 1.42 bits per heavy atom. The molecule has 0 radical (unpaired) electrons. The number of pyridine rings is 1. The van der Waals surface area contributed by atoms with Crippen molar-refractivity contribution in [1.82, 2.24) is 4.98 Å². The molecule has 1 fully saturated rings. The van der Waals surface area contributed by atoms with Crippen LogP contribution in [0, 0.1) is 17.0 Å². The predicted molar refractivity (Wildman–Crippen MR) is 71.1 cm³/mol. The molecule has 2 unspecified atom stereocenters. The smallest absolute Gasteiger partial charge is 0.290 e. The van der Waals surface area contributed by atoms with Gasteiger partial charge in [0.25, 0.3) is 5.69 Å². The van der Waals surface area contributed by atoms with Gasteiger partial charge in [-0.2, -0.15) is 0 Å². The van der Waals surface area contributed by atoms with E-state index < -0.39 is 4.92 Å². The van der Waals surface area contributed by atoms with Crippen molar-refractivity contribution in [3.05, 3.63) is 27.9 Å². The molecule has 0 aromatic carbocycles. The summed E-state index contributed by atoms with van der Waals surface area (Å²) < 4.78 is 5.80. The predicted octanol–water partition coefficient (Wildman–Crippen LogP) is 2.34. The van der Waals surface area contributed by atoms with Crippen molar-refractivity contribution >= 4 is 5.69 Å². The molecular weight excluding hydrogens is 246 g/mol. The fourth-order valence-corrected chi connectivity index (χ4v) is 2.38. The van der Waals surface area contributed by atoms with Crippen LogP contribution in [0.5, 0.6) is 5.88 Å². The zero-order chi connectivity index (χ0) is 13.8. The molecule has 6 heteroatoms. The number of hydrogen-bond donors (Lipinski definition) is 1. The Balaban J connectivity index is 2.10. The summed E-state index contributed by atoms with van der Waals surface area (Å²) in [5.74, 6) is 0.422. The van der Waals surface area contributed by atoms with E-state index >= 15 is 0 Å². The Labute approximate surface area is 112 Å². The highest BCUT2D eigenvalue weighted by Gasteiger charge is 2.23.